The van der Waals surface area contributed by atoms with E-state index in [1.807, 2.05) is 30.6 Å². The van der Waals surface area contributed by atoms with Crippen LogP contribution in [0.5, 0.6) is 0 Å². The van der Waals surface area contributed by atoms with Gasteiger partial charge in [-0.25, -0.2) is 9.67 Å². The van der Waals surface area contributed by atoms with Crippen molar-refractivity contribution in [1.29, 1.82) is 0 Å². The van der Waals surface area contributed by atoms with Gasteiger partial charge in [-0.05, 0) is 17.9 Å². The van der Waals surface area contributed by atoms with Gasteiger partial charge >= 0.3 is 0 Å². The summed E-state index contributed by atoms with van der Waals surface area (Å²) in [5.74, 6) is 0.638. The molecule has 0 aliphatic heterocycles. The predicted octanol–water partition coefficient (Wildman–Crippen LogP) is 3.73. The van der Waals surface area contributed by atoms with Crippen molar-refractivity contribution >= 4 is 22.9 Å². The van der Waals surface area contributed by atoms with E-state index >= 15 is 0 Å². The van der Waals surface area contributed by atoms with Crippen LogP contribution in [0, 0.1) is 0 Å². The van der Waals surface area contributed by atoms with Gasteiger partial charge in [0.1, 0.15) is 17.7 Å². The van der Waals surface area contributed by atoms with Crippen molar-refractivity contribution in [2.45, 2.75) is 25.3 Å². The van der Waals surface area contributed by atoms with Gasteiger partial charge < -0.3 is 4.42 Å². The van der Waals surface area contributed by atoms with Gasteiger partial charge in [0.15, 0.2) is 0 Å². The summed E-state index contributed by atoms with van der Waals surface area (Å²) in [6.07, 6.45) is 4.32. The second-order valence-electron chi connectivity index (χ2n) is 4.34. The second kappa shape index (κ2) is 5.76. The van der Waals surface area contributed by atoms with E-state index in [0.717, 1.165) is 22.7 Å². The van der Waals surface area contributed by atoms with E-state index in [2.05, 4.69) is 15.3 Å². The molecule has 3 heterocycles. The topological polar surface area (TPSA) is 56.7 Å². The van der Waals surface area contributed by atoms with Crippen LogP contribution in [-0.4, -0.2) is 20.0 Å². The predicted molar refractivity (Wildman–Crippen MR) is 77.8 cm³/mol. The maximum atomic E-state index is 6.13. The molecule has 3 rings (SSSR count). The lowest BCUT2D eigenvalue weighted by molar-refractivity contribution is 0.569. The van der Waals surface area contributed by atoms with Crippen molar-refractivity contribution in [1.82, 2.24) is 20.0 Å². The molecule has 0 radical (unpaired) electrons. The van der Waals surface area contributed by atoms with E-state index in [1.54, 1.807) is 22.3 Å². The van der Waals surface area contributed by atoms with Gasteiger partial charge in [-0.1, -0.05) is 18.2 Å². The quantitative estimate of drug-likeness (QED) is 0.674. The highest BCUT2D eigenvalue weighted by Crippen LogP contribution is 2.24. The largest absolute Gasteiger partial charge is 0.443 e. The number of nitrogens with zero attached hydrogens (tertiary/aromatic N) is 4. The van der Waals surface area contributed by atoms with Crippen LogP contribution in [0.1, 0.15) is 30.1 Å². The van der Waals surface area contributed by atoms with Crippen molar-refractivity contribution in [2.75, 3.05) is 0 Å². The van der Waals surface area contributed by atoms with Crippen LogP contribution in [0.2, 0.25) is 0 Å². The molecule has 3 aromatic heterocycles. The third-order valence-corrected chi connectivity index (χ3v) is 4.23. The molecule has 20 heavy (non-hydrogen) atoms. The Balaban J connectivity index is 1.73. The van der Waals surface area contributed by atoms with Crippen LogP contribution in [0.4, 0.5) is 0 Å². The molecule has 0 fully saturated rings. The summed E-state index contributed by atoms with van der Waals surface area (Å²) >= 11 is 7.73. The minimum atomic E-state index is -0.0947. The molecule has 0 spiro atoms. The number of aromatic nitrogens is 4. The number of hydrogen-bond acceptors (Lipinski definition) is 5. The molecular weight excluding hydrogens is 296 g/mol. The lowest BCUT2D eigenvalue weighted by Gasteiger charge is -1.98. The molecule has 1 unspecified atom stereocenters. The summed E-state index contributed by atoms with van der Waals surface area (Å²) in [6.45, 7) is 2.54. The number of halogens is 1. The molecule has 0 bridgehead atoms. The van der Waals surface area contributed by atoms with Crippen LogP contribution in [0.15, 0.2) is 34.4 Å². The fraction of sp³-hybridized carbons (Fsp3) is 0.308. The highest BCUT2D eigenvalue weighted by atomic mass is 35.5. The molecule has 7 heteroatoms. The van der Waals surface area contributed by atoms with E-state index in [4.69, 9.17) is 16.0 Å². The highest BCUT2D eigenvalue weighted by Gasteiger charge is 2.12. The maximum Gasteiger partial charge on any atom is 0.236 e. The third-order valence-electron chi connectivity index (χ3n) is 2.84. The zero-order valence-electron chi connectivity index (χ0n) is 10.9. The first kappa shape index (κ1) is 13.3. The first-order valence-corrected chi connectivity index (χ1v) is 7.60. The standard InChI is InChI=1S/C13H13ClN4OS/c1-2-10(14)11-7-18(17-16-11)6-9-8-19-13(15-9)12-4-3-5-20-12/h3-5,7-8,10H,2,6H2,1H3. The molecular formula is C13H13ClN4OS. The van der Waals surface area contributed by atoms with Crippen LogP contribution < -0.4 is 0 Å². The fourth-order valence-corrected chi connectivity index (χ4v) is 2.56. The van der Waals surface area contributed by atoms with Gasteiger partial charge in [0.2, 0.25) is 5.89 Å². The van der Waals surface area contributed by atoms with E-state index in [-0.39, 0.29) is 5.38 Å². The minimum absolute atomic E-state index is 0.0947. The Morgan fingerprint density at radius 3 is 3.15 bits per heavy atom. The van der Waals surface area contributed by atoms with Crippen molar-refractivity contribution in [3.63, 3.8) is 0 Å². The second-order valence-corrected chi connectivity index (χ2v) is 5.81. The Hall–Kier alpha value is -1.66. The summed E-state index contributed by atoms with van der Waals surface area (Å²) in [5, 5.41) is 10.0. The normalized spacial score (nSPS) is 12.7. The van der Waals surface area contributed by atoms with Gasteiger partial charge in [-0.15, -0.1) is 28.0 Å². The van der Waals surface area contributed by atoms with Crippen LogP contribution >= 0.6 is 22.9 Å². The number of rotatable bonds is 5. The van der Waals surface area contributed by atoms with Crippen molar-refractivity contribution in [3.05, 3.63) is 41.4 Å². The molecule has 3 aromatic rings. The van der Waals surface area contributed by atoms with Gasteiger partial charge in [-0.3, -0.25) is 0 Å². The van der Waals surface area contributed by atoms with Gasteiger partial charge in [0.05, 0.1) is 23.0 Å². The Morgan fingerprint density at radius 2 is 2.40 bits per heavy atom. The molecule has 0 saturated heterocycles. The van der Waals surface area contributed by atoms with Crippen molar-refractivity contribution in [3.8, 4) is 10.8 Å². The SMILES string of the molecule is CCC(Cl)c1cn(Cc2coc(-c3cccs3)n2)nn1. The molecule has 0 saturated carbocycles. The zero-order valence-corrected chi connectivity index (χ0v) is 12.4. The van der Waals surface area contributed by atoms with E-state index in [9.17, 15) is 0 Å². The first-order chi connectivity index (χ1) is 9.76. The molecule has 0 N–H and O–H groups in total. The molecule has 5 nitrogen and oxygen atoms in total. The molecule has 104 valence electrons. The molecule has 0 amide bonds. The average molecular weight is 309 g/mol. The molecule has 1 atom stereocenters. The van der Waals surface area contributed by atoms with E-state index in [1.165, 1.54) is 0 Å². The van der Waals surface area contributed by atoms with E-state index in [0.29, 0.717) is 12.4 Å². The van der Waals surface area contributed by atoms with Crippen molar-refractivity contribution in [2.24, 2.45) is 0 Å². The number of hydrogen-bond donors (Lipinski definition) is 0. The van der Waals surface area contributed by atoms with Crippen LogP contribution in [0.3, 0.4) is 0 Å². The lowest BCUT2D eigenvalue weighted by Crippen LogP contribution is -2.00. The Kier molecular flexibility index (Phi) is 3.84. The number of alkyl halides is 1. The van der Waals surface area contributed by atoms with Gasteiger partial charge in [-0.2, -0.15) is 0 Å². The first-order valence-electron chi connectivity index (χ1n) is 6.28. The van der Waals surface area contributed by atoms with Crippen molar-refractivity contribution < 1.29 is 4.42 Å². The summed E-state index contributed by atoms with van der Waals surface area (Å²) in [5.41, 5.74) is 1.60. The minimum Gasteiger partial charge on any atom is -0.443 e. The summed E-state index contributed by atoms with van der Waals surface area (Å²) in [7, 11) is 0. The van der Waals surface area contributed by atoms with Gasteiger partial charge in [0.25, 0.3) is 0 Å². The van der Waals surface area contributed by atoms with Crippen LogP contribution in [0.25, 0.3) is 10.8 Å². The lowest BCUT2D eigenvalue weighted by atomic mass is 10.3. The Labute approximate surface area is 125 Å². The maximum absolute atomic E-state index is 6.13. The Bertz CT molecular complexity index is 676. The average Bonchev–Trinajstić information content (AvgIpc) is 3.19. The summed E-state index contributed by atoms with van der Waals surface area (Å²) in [4.78, 5) is 5.46. The van der Waals surface area contributed by atoms with Gasteiger partial charge in [0, 0.05) is 0 Å². The number of thiophene rings is 1. The number of oxazole rings is 1. The monoisotopic (exact) mass is 308 g/mol. The third kappa shape index (κ3) is 2.76. The highest BCUT2D eigenvalue weighted by molar-refractivity contribution is 7.13. The molecule has 0 aliphatic carbocycles. The smallest absolute Gasteiger partial charge is 0.236 e. The summed E-state index contributed by atoms with van der Waals surface area (Å²) in [6, 6.07) is 3.95. The summed E-state index contributed by atoms with van der Waals surface area (Å²) < 4.78 is 7.19. The molecule has 0 aromatic carbocycles. The van der Waals surface area contributed by atoms with Crippen LogP contribution in [-0.2, 0) is 6.54 Å². The van der Waals surface area contributed by atoms with E-state index < -0.39 is 0 Å². The Morgan fingerprint density at radius 1 is 1.50 bits per heavy atom. The molecule has 0 aliphatic rings. The fourth-order valence-electron chi connectivity index (χ4n) is 1.80. The zero-order chi connectivity index (χ0) is 13.9.